The fraction of sp³-hybridized carbons (Fsp3) is 0.769. The zero-order valence-corrected chi connectivity index (χ0v) is 12.5. The summed E-state index contributed by atoms with van der Waals surface area (Å²) in [5.74, 6) is 2.29. The zero-order chi connectivity index (χ0) is 14.5. The minimum atomic E-state index is 0.225. The summed E-state index contributed by atoms with van der Waals surface area (Å²) in [4.78, 5) is 17.4. The molecule has 7 nitrogen and oxygen atoms in total. The summed E-state index contributed by atoms with van der Waals surface area (Å²) >= 11 is 0. The topological polar surface area (TPSA) is 77.4 Å². The van der Waals surface area contributed by atoms with Crippen molar-refractivity contribution in [1.29, 1.82) is 0 Å². The first-order valence-corrected chi connectivity index (χ1v) is 7.17. The van der Waals surface area contributed by atoms with E-state index in [1.54, 1.807) is 0 Å². The lowest BCUT2D eigenvalue weighted by molar-refractivity contribution is 0.238. The lowest BCUT2D eigenvalue weighted by Gasteiger charge is -2.19. The highest BCUT2D eigenvalue weighted by Gasteiger charge is 2.24. The predicted molar refractivity (Wildman–Crippen MR) is 80.3 cm³/mol. The van der Waals surface area contributed by atoms with Gasteiger partial charge in [0.15, 0.2) is 0 Å². The zero-order valence-electron chi connectivity index (χ0n) is 12.5. The summed E-state index contributed by atoms with van der Waals surface area (Å²) in [6.45, 7) is 4.86. The van der Waals surface area contributed by atoms with E-state index in [2.05, 4.69) is 32.1 Å². The van der Waals surface area contributed by atoms with Crippen LogP contribution in [0.25, 0.3) is 0 Å². The van der Waals surface area contributed by atoms with Crippen molar-refractivity contribution in [2.45, 2.75) is 19.8 Å². The van der Waals surface area contributed by atoms with Gasteiger partial charge < -0.3 is 20.2 Å². The highest BCUT2D eigenvalue weighted by Crippen LogP contribution is 2.22. The second-order valence-corrected chi connectivity index (χ2v) is 5.36. The number of hydrogen-bond donors (Lipinski definition) is 2. The van der Waals surface area contributed by atoms with Crippen molar-refractivity contribution < 1.29 is 5.11 Å². The molecule has 0 aliphatic carbocycles. The molecular formula is C13H24N6O. The Morgan fingerprint density at radius 2 is 2.15 bits per heavy atom. The van der Waals surface area contributed by atoms with Gasteiger partial charge in [-0.2, -0.15) is 15.0 Å². The number of nitrogens with zero attached hydrogens (tertiary/aromatic N) is 5. The van der Waals surface area contributed by atoms with Crippen LogP contribution in [0.15, 0.2) is 0 Å². The van der Waals surface area contributed by atoms with Crippen LogP contribution in [0.4, 0.5) is 17.8 Å². The molecule has 0 spiro atoms. The maximum absolute atomic E-state index is 9.24. The minimum absolute atomic E-state index is 0.225. The van der Waals surface area contributed by atoms with Gasteiger partial charge in [-0.15, -0.1) is 0 Å². The van der Waals surface area contributed by atoms with Crippen LogP contribution in [0.2, 0.25) is 0 Å². The van der Waals surface area contributed by atoms with Gasteiger partial charge in [0, 0.05) is 46.3 Å². The van der Waals surface area contributed by atoms with Crippen LogP contribution >= 0.6 is 0 Å². The van der Waals surface area contributed by atoms with Gasteiger partial charge in [-0.25, -0.2) is 0 Å². The van der Waals surface area contributed by atoms with Crippen LogP contribution in [0.5, 0.6) is 0 Å². The average Bonchev–Trinajstić information content (AvgIpc) is 2.93. The van der Waals surface area contributed by atoms with Crippen LogP contribution in [-0.4, -0.2) is 60.4 Å². The summed E-state index contributed by atoms with van der Waals surface area (Å²) in [6.07, 6.45) is 2.01. The van der Waals surface area contributed by atoms with Gasteiger partial charge >= 0.3 is 0 Å². The maximum Gasteiger partial charge on any atom is 0.231 e. The van der Waals surface area contributed by atoms with E-state index in [9.17, 15) is 5.11 Å². The van der Waals surface area contributed by atoms with Gasteiger partial charge in [0.1, 0.15) is 0 Å². The number of hydrogen-bond acceptors (Lipinski definition) is 7. The van der Waals surface area contributed by atoms with E-state index in [1.165, 1.54) is 0 Å². The molecule has 0 amide bonds. The molecule has 1 fully saturated rings. The van der Waals surface area contributed by atoms with Crippen molar-refractivity contribution in [3.05, 3.63) is 0 Å². The van der Waals surface area contributed by atoms with Crippen molar-refractivity contribution in [2.24, 2.45) is 5.92 Å². The Morgan fingerprint density at radius 1 is 1.35 bits per heavy atom. The Kier molecular flexibility index (Phi) is 4.94. The average molecular weight is 280 g/mol. The second-order valence-electron chi connectivity index (χ2n) is 5.36. The molecule has 1 aromatic rings. The molecule has 0 bridgehead atoms. The summed E-state index contributed by atoms with van der Waals surface area (Å²) < 4.78 is 0. The van der Waals surface area contributed by atoms with Crippen LogP contribution in [0.1, 0.15) is 19.8 Å². The molecule has 7 heteroatoms. The Balaban J connectivity index is 2.20. The highest BCUT2D eigenvalue weighted by molar-refractivity contribution is 5.45. The van der Waals surface area contributed by atoms with Crippen molar-refractivity contribution >= 4 is 17.8 Å². The maximum atomic E-state index is 9.24. The Labute approximate surface area is 120 Å². The molecule has 0 radical (unpaired) electrons. The Hall–Kier alpha value is -1.63. The third-order valence-electron chi connectivity index (χ3n) is 3.37. The smallest absolute Gasteiger partial charge is 0.231 e. The van der Waals surface area contributed by atoms with E-state index in [-0.39, 0.29) is 6.61 Å². The number of aliphatic hydroxyl groups is 1. The number of rotatable bonds is 6. The third kappa shape index (κ3) is 3.47. The molecule has 2 heterocycles. The molecule has 20 heavy (non-hydrogen) atoms. The van der Waals surface area contributed by atoms with Gasteiger partial charge in [-0.1, -0.05) is 6.92 Å². The van der Waals surface area contributed by atoms with Crippen LogP contribution in [0.3, 0.4) is 0 Å². The summed E-state index contributed by atoms with van der Waals surface area (Å²) in [7, 11) is 3.84. The van der Waals surface area contributed by atoms with Gasteiger partial charge in [-0.05, 0) is 12.8 Å². The van der Waals surface area contributed by atoms with E-state index >= 15 is 0 Å². The normalized spacial score (nSPS) is 18.4. The van der Waals surface area contributed by atoms with Gasteiger partial charge in [0.05, 0.1) is 0 Å². The number of aliphatic hydroxyl groups excluding tert-OH is 1. The highest BCUT2D eigenvalue weighted by atomic mass is 16.3. The number of anilines is 3. The first-order valence-electron chi connectivity index (χ1n) is 7.17. The van der Waals surface area contributed by atoms with Gasteiger partial charge in [0.25, 0.3) is 0 Å². The molecule has 1 saturated heterocycles. The number of nitrogens with one attached hydrogen (secondary N) is 1. The molecule has 1 aliphatic rings. The predicted octanol–water partition coefficient (Wildman–Crippen LogP) is 0.578. The van der Waals surface area contributed by atoms with Crippen molar-refractivity contribution in [3.8, 4) is 0 Å². The number of aromatic nitrogens is 3. The summed E-state index contributed by atoms with van der Waals surface area (Å²) in [6, 6.07) is 0. The van der Waals surface area contributed by atoms with Gasteiger partial charge in [0.2, 0.25) is 17.8 Å². The van der Waals surface area contributed by atoms with E-state index in [1.807, 2.05) is 19.0 Å². The van der Waals surface area contributed by atoms with Crippen LogP contribution in [-0.2, 0) is 0 Å². The molecule has 1 aromatic heterocycles. The molecule has 112 valence electrons. The van der Waals surface area contributed by atoms with E-state index in [0.29, 0.717) is 23.8 Å². The fourth-order valence-corrected chi connectivity index (χ4v) is 2.17. The SMILES string of the molecule is CCCNc1nc(N(C)C)nc(N2CCC(CO)C2)n1. The van der Waals surface area contributed by atoms with Crippen LogP contribution in [0, 0.1) is 5.92 Å². The lowest BCUT2D eigenvalue weighted by atomic mass is 10.1. The molecule has 0 saturated carbocycles. The lowest BCUT2D eigenvalue weighted by Crippen LogP contribution is -2.25. The molecule has 2 N–H and O–H groups in total. The van der Waals surface area contributed by atoms with Crippen molar-refractivity contribution in [3.63, 3.8) is 0 Å². The van der Waals surface area contributed by atoms with E-state index in [0.717, 1.165) is 32.5 Å². The summed E-state index contributed by atoms with van der Waals surface area (Å²) in [5, 5.41) is 12.5. The van der Waals surface area contributed by atoms with Crippen molar-refractivity contribution in [1.82, 2.24) is 15.0 Å². The molecule has 0 aromatic carbocycles. The fourth-order valence-electron chi connectivity index (χ4n) is 2.17. The van der Waals surface area contributed by atoms with Gasteiger partial charge in [-0.3, -0.25) is 0 Å². The quantitative estimate of drug-likeness (QED) is 0.789. The first kappa shape index (κ1) is 14.8. The van der Waals surface area contributed by atoms with E-state index < -0.39 is 0 Å². The summed E-state index contributed by atoms with van der Waals surface area (Å²) in [5.41, 5.74) is 0. The first-order chi connectivity index (χ1) is 9.63. The monoisotopic (exact) mass is 280 g/mol. The minimum Gasteiger partial charge on any atom is -0.396 e. The Morgan fingerprint density at radius 3 is 2.75 bits per heavy atom. The molecule has 1 atom stereocenters. The largest absolute Gasteiger partial charge is 0.396 e. The molecular weight excluding hydrogens is 256 g/mol. The third-order valence-corrected chi connectivity index (χ3v) is 3.37. The molecule has 1 aliphatic heterocycles. The molecule has 2 rings (SSSR count). The Bertz CT molecular complexity index is 439. The molecule has 1 unspecified atom stereocenters. The second kappa shape index (κ2) is 6.69. The van der Waals surface area contributed by atoms with Crippen LogP contribution < -0.4 is 15.1 Å². The standard InChI is InChI=1S/C13H24N6O/c1-4-6-14-11-15-12(18(2)3)17-13(16-11)19-7-5-10(8-19)9-20/h10,20H,4-9H2,1-3H3,(H,14,15,16,17). The van der Waals surface area contributed by atoms with E-state index in [4.69, 9.17) is 0 Å². The van der Waals surface area contributed by atoms with Crippen molar-refractivity contribution in [2.75, 3.05) is 55.5 Å².